The molecule has 2 rings (SSSR count). The van der Waals surface area contributed by atoms with E-state index in [1.807, 2.05) is 0 Å². The Balaban J connectivity index is 2.18. The van der Waals surface area contributed by atoms with Crippen LogP contribution >= 0.6 is 34.8 Å². The molecular weight excluding hydrogens is 573 g/mol. The highest BCUT2D eigenvalue weighted by Crippen LogP contribution is 2.41. The van der Waals surface area contributed by atoms with Gasteiger partial charge in [0.25, 0.3) is 0 Å². The summed E-state index contributed by atoms with van der Waals surface area (Å²) < 4.78 is 89.9. The standard InChI is InChI=1S/C24H21Cl3F6O2S/c1-13(11-36(35)12-23(28,29)30)7-21(34)17-5-3-15(8-14(17)2)4-6-18(24(31,32)33)16-9-19(25)22(27)20(26)10-16/h3-6,8-10,13,18H,7,11-12H2,1-2H3/b6-4+/t13-,18?,36?/m0/s1. The number of hydrogen-bond donors (Lipinski definition) is 0. The monoisotopic (exact) mass is 592 g/mol. The van der Waals surface area contributed by atoms with Crippen molar-refractivity contribution in [1.29, 1.82) is 0 Å². The lowest BCUT2D eigenvalue weighted by Gasteiger charge is -2.18. The molecular formula is C24H21Cl3F6O2S. The molecule has 198 valence electrons. The van der Waals surface area contributed by atoms with Gasteiger partial charge in [0.15, 0.2) is 5.78 Å². The van der Waals surface area contributed by atoms with Crippen molar-refractivity contribution in [1.82, 2.24) is 0 Å². The van der Waals surface area contributed by atoms with E-state index >= 15 is 0 Å². The normalized spacial score (nSPS) is 15.2. The number of hydrogen-bond acceptors (Lipinski definition) is 2. The number of Topliss-reactive ketones (excluding diaryl/α,β-unsaturated/α-hetero) is 1. The molecule has 0 N–H and O–H groups in total. The summed E-state index contributed by atoms with van der Waals surface area (Å²) in [5, 5.41) is -0.280. The molecule has 0 aliphatic rings. The lowest BCUT2D eigenvalue weighted by Crippen LogP contribution is -2.23. The Morgan fingerprint density at radius 1 is 1.03 bits per heavy atom. The molecule has 2 aromatic carbocycles. The van der Waals surface area contributed by atoms with Crippen molar-refractivity contribution in [3.05, 3.63) is 73.7 Å². The number of carbonyl (C=O) groups excluding carboxylic acids is 1. The van der Waals surface area contributed by atoms with Gasteiger partial charge in [0.1, 0.15) is 5.75 Å². The van der Waals surface area contributed by atoms with E-state index in [1.165, 1.54) is 31.2 Å². The van der Waals surface area contributed by atoms with Crippen molar-refractivity contribution in [2.75, 3.05) is 11.5 Å². The Morgan fingerprint density at radius 3 is 2.11 bits per heavy atom. The van der Waals surface area contributed by atoms with Gasteiger partial charge >= 0.3 is 12.4 Å². The smallest absolute Gasteiger partial charge is 0.294 e. The number of alkyl halides is 6. The first-order chi connectivity index (χ1) is 16.5. The highest BCUT2D eigenvalue weighted by atomic mass is 35.5. The van der Waals surface area contributed by atoms with Crippen LogP contribution in [-0.4, -0.2) is 33.9 Å². The van der Waals surface area contributed by atoms with Gasteiger partial charge in [-0.1, -0.05) is 72.1 Å². The van der Waals surface area contributed by atoms with E-state index in [2.05, 4.69) is 0 Å². The second kappa shape index (κ2) is 12.3. The number of rotatable bonds is 9. The van der Waals surface area contributed by atoms with Crippen LogP contribution in [0.5, 0.6) is 0 Å². The molecule has 3 atom stereocenters. The molecule has 0 radical (unpaired) electrons. The van der Waals surface area contributed by atoms with E-state index < -0.39 is 40.7 Å². The van der Waals surface area contributed by atoms with Crippen molar-refractivity contribution < 1.29 is 35.3 Å². The summed E-state index contributed by atoms with van der Waals surface area (Å²) in [5.41, 5.74) is 0.957. The average molecular weight is 594 g/mol. The Morgan fingerprint density at radius 2 is 1.61 bits per heavy atom. The summed E-state index contributed by atoms with van der Waals surface area (Å²) in [6, 6.07) is 6.60. The zero-order chi connectivity index (χ0) is 27.4. The molecule has 0 spiro atoms. The molecule has 0 aliphatic heterocycles. The average Bonchev–Trinajstić information content (AvgIpc) is 2.69. The maximum absolute atomic E-state index is 13.7. The van der Waals surface area contributed by atoms with E-state index in [0.29, 0.717) is 11.1 Å². The van der Waals surface area contributed by atoms with Crippen molar-refractivity contribution >= 4 is 57.5 Å². The molecule has 0 saturated heterocycles. The van der Waals surface area contributed by atoms with Gasteiger partial charge in [-0.05, 0) is 41.7 Å². The fourth-order valence-electron chi connectivity index (χ4n) is 3.52. The van der Waals surface area contributed by atoms with Crippen LogP contribution in [0.2, 0.25) is 15.1 Å². The number of aryl methyl sites for hydroxylation is 1. The molecule has 2 unspecified atom stereocenters. The molecule has 0 saturated carbocycles. The quantitative estimate of drug-likeness (QED) is 0.165. The van der Waals surface area contributed by atoms with E-state index in [9.17, 15) is 35.3 Å². The molecule has 36 heavy (non-hydrogen) atoms. The highest BCUT2D eigenvalue weighted by molar-refractivity contribution is 7.85. The van der Waals surface area contributed by atoms with Crippen molar-refractivity contribution in [2.24, 2.45) is 5.92 Å². The summed E-state index contributed by atoms with van der Waals surface area (Å²) in [7, 11) is -2.14. The topological polar surface area (TPSA) is 34.1 Å². The first kappa shape index (κ1) is 30.7. The van der Waals surface area contributed by atoms with Crippen molar-refractivity contribution in [2.45, 2.75) is 38.5 Å². The van der Waals surface area contributed by atoms with Gasteiger partial charge in [0.05, 0.1) is 21.0 Å². The van der Waals surface area contributed by atoms with Crippen LogP contribution < -0.4 is 0 Å². The van der Waals surface area contributed by atoms with Crippen LogP contribution in [0, 0.1) is 12.8 Å². The van der Waals surface area contributed by atoms with Crippen LogP contribution in [0.1, 0.15) is 46.3 Å². The first-order valence-corrected chi connectivity index (χ1v) is 13.0. The van der Waals surface area contributed by atoms with E-state index in [-0.39, 0.29) is 44.2 Å². The fraction of sp³-hybridized carbons (Fsp3) is 0.375. The fourth-order valence-corrected chi connectivity index (χ4v) is 5.37. The van der Waals surface area contributed by atoms with Gasteiger partial charge in [0, 0.05) is 28.5 Å². The van der Waals surface area contributed by atoms with E-state index in [1.54, 1.807) is 6.92 Å². The van der Waals surface area contributed by atoms with Crippen LogP contribution in [-0.2, 0) is 10.8 Å². The third kappa shape index (κ3) is 9.08. The van der Waals surface area contributed by atoms with Gasteiger partial charge in [-0.3, -0.25) is 9.00 Å². The Bertz CT molecular complexity index is 1140. The molecule has 0 aromatic heterocycles. The van der Waals surface area contributed by atoms with Crippen LogP contribution in [0.3, 0.4) is 0 Å². The third-order valence-corrected chi connectivity index (χ3v) is 7.87. The molecule has 0 aliphatic carbocycles. The van der Waals surface area contributed by atoms with Crippen LogP contribution in [0.15, 0.2) is 36.4 Å². The molecule has 0 bridgehead atoms. The van der Waals surface area contributed by atoms with Crippen molar-refractivity contribution in [3.8, 4) is 0 Å². The van der Waals surface area contributed by atoms with Crippen molar-refractivity contribution in [3.63, 3.8) is 0 Å². The largest absolute Gasteiger partial charge is 0.400 e. The maximum atomic E-state index is 13.7. The van der Waals surface area contributed by atoms with Gasteiger partial charge in [-0.15, -0.1) is 0 Å². The first-order valence-electron chi connectivity index (χ1n) is 10.4. The van der Waals surface area contributed by atoms with Gasteiger partial charge in [-0.2, -0.15) is 26.3 Å². The number of ketones is 1. The lowest BCUT2D eigenvalue weighted by molar-refractivity contribution is -0.139. The minimum absolute atomic E-state index is 0.0521. The second-order valence-electron chi connectivity index (χ2n) is 8.35. The summed E-state index contributed by atoms with van der Waals surface area (Å²) in [4.78, 5) is 12.6. The molecule has 2 aromatic rings. The SMILES string of the molecule is Cc1cc(/C=C/C(c2cc(Cl)c(Cl)c(Cl)c2)C(F)(F)F)ccc1C(=O)C[C@H](C)CS(=O)CC(F)(F)F. The van der Waals surface area contributed by atoms with Crippen LogP contribution in [0.25, 0.3) is 6.08 Å². The molecule has 0 fully saturated rings. The predicted molar refractivity (Wildman–Crippen MR) is 133 cm³/mol. The minimum Gasteiger partial charge on any atom is -0.294 e. The molecule has 0 amide bonds. The highest BCUT2D eigenvalue weighted by Gasteiger charge is 2.39. The maximum Gasteiger partial charge on any atom is 0.400 e. The Labute approximate surface area is 222 Å². The van der Waals surface area contributed by atoms with Crippen LogP contribution in [0.4, 0.5) is 26.3 Å². The number of halogens is 9. The Kier molecular flexibility index (Phi) is 10.5. The van der Waals surface area contributed by atoms with Gasteiger partial charge in [-0.25, -0.2) is 0 Å². The summed E-state index contributed by atoms with van der Waals surface area (Å²) in [6.07, 6.45) is -7.13. The van der Waals surface area contributed by atoms with Gasteiger partial charge < -0.3 is 0 Å². The zero-order valence-electron chi connectivity index (χ0n) is 18.9. The lowest BCUT2D eigenvalue weighted by atomic mass is 9.94. The minimum atomic E-state index is -4.65. The Hall–Kier alpha value is -1.55. The van der Waals surface area contributed by atoms with E-state index in [4.69, 9.17) is 34.8 Å². The van der Waals surface area contributed by atoms with E-state index in [0.717, 1.165) is 18.2 Å². The third-order valence-electron chi connectivity index (χ3n) is 5.08. The molecule has 2 nitrogen and oxygen atoms in total. The molecule has 12 heteroatoms. The number of carbonyl (C=O) groups is 1. The molecule has 0 heterocycles. The second-order valence-corrected chi connectivity index (χ2v) is 11.0. The summed E-state index contributed by atoms with van der Waals surface area (Å²) >= 11 is 17.6. The van der Waals surface area contributed by atoms with Gasteiger partial charge in [0.2, 0.25) is 0 Å². The number of allylic oxidation sites excluding steroid dienone is 1. The number of benzene rings is 2. The summed E-state index contributed by atoms with van der Waals surface area (Å²) in [5.74, 6) is -4.64. The summed E-state index contributed by atoms with van der Waals surface area (Å²) in [6.45, 7) is 3.13. The zero-order valence-corrected chi connectivity index (χ0v) is 22.0. The predicted octanol–water partition coefficient (Wildman–Crippen LogP) is 8.83.